The predicted molar refractivity (Wildman–Crippen MR) is 105 cm³/mol. The minimum Gasteiger partial charge on any atom is -0.465 e. The van der Waals surface area contributed by atoms with Gasteiger partial charge in [-0.1, -0.05) is 19.1 Å². The Balaban J connectivity index is 1.54. The molecule has 0 saturated heterocycles. The molecule has 0 aliphatic rings. The zero-order valence-corrected chi connectivity index (χ0v) is 14.8. The fourth-order valence-corrected chi connectivity index (χ4v) is 2.77. The minimum atomic E-state index is -0.242. The third-order valence-electron chi connectivity index (χ3n) is 4.18. The first-order valence-electron chi connectivity index (χ1n) is 8.74. The molecule has 0 unspecified atom stereocenters. The van der Waals surface area contributed by atoms with Crippen LogP contribution < -0.4 is 5.32 Å². The number of rotatable bonds is 5. The second-order valence-corrected chi connectivity index (χ2v) is 6.09. The highest BCUT2D eigenvalue weighted by Gasteiger charge is 2.10. The second-order valence-electron chi connectivity index (χ2n) is 6.09. The summed E-state index contributed by atoms with van der Waals surface area (Å²) in [6.45, 7) is 2.11. The van der Waals surface area contributed by atoms with Crippen LogP contribution in [0.15, 0.2) is 75.8 Å². The number of nitrogens with zero attached hydrogens (tertiary/aromatic N) is 1. The number of aromatic nitrogens is 1. The molecular weight excluding hydrogens is 340 g/mol. The van der Waals surface area contributed by atoms with Crippen LogP contribution in [0.1, 0.15) is 18.2 Å². The van der Waals surface area contributed by atoms with E-state index in [9.17, 15) is 4.79 Å². The van der Waals surface area contributed by atoms with Crippen LogP contribution in [0.2, 0.25) is 0 Å². The molecule has 0 atom stereocenters. The monoisotopic (exact) mass is 358 g/mol. The maximum absolute atomic E-state index is 12.1. The summed E-state index contributed by atoms with van der Waals surface area (Å²) < 4.78 is 11.0. The highest BCUT2D eigenvalue weighted by molar-refractivity contribution is 6.02. The number of benzene rings is 2. The summed E-state index contributed by atoms with van der Waals surface area (Å²) in [5.74, 6) is 0.908. The van der Waals surface area contributed by atoms with Gasteiger partial charge in [0.2, 0.25) is 11.8 Å². The van der Waals surface area contributed by atoms with Crippen molar-refractivity contribution in [3.63, 3.8) is 0 Å². The van der Waals surface area contributed by atoms with E-state index in [4.69, 9.17) is 8.83 Å². The number of oxazole rings is 1. The largest absolute Gasteiger partial charge is 0.465 e. The van der Waals surface area contributed by atoms with Gasteiger partial charge < -0.3 is 14.2 Å². The van der Waals surface area contributed by atoms with E-state index in [1.165, 1.54) is 11.6 Å². The van der Waals surface area contributed by atoms with Gasteiger partial charge in [0, 0.05) is 17.3 Å². The third-order valence-corrected chi connectivity index (χ3v) is 4.18. The van der Waals surface area contributed by atoms with E-state index >= 15 is 0 Å². The van der Waals surface area contributed by atoms with Crippen molar-refractivity contribution in [1.82, 2.24) is 4.98 Å². The summed E-state index contributed by atoms with van der Waals surface area (Å²) in [6, 6.07) is 17.0. The zero-order valence-electron chi connectivity index (χ0n) is 14.8. The normalized spacial score (nSPS) is 11.3. The average Bonchev–Trinajstić information content (AvgIpc) is 3.35. The molecule has 0 fully saturated rings. The Labute approximate surface area is 156 Å². The molecular formula is C22H18N2O3. The highest BCUT2D eigenvalue weighted by Crippen LogP contribution is 2.27. The van der Waals surface area contributed by atoms with Crippen LogP contribution in [0.4, 0.5) is 5.69 Å². The number of hydrogen-bond acceptors (Lipinski definition) is 4. The number of carbonyl (C=O) groups excluding carboxylic acids is 1. The molecule has 4 aromatic rings. The SMILES string of the molecule is CCc1ccc2oc(-c3cccc(NC(=O)C=Cc4ccco4)c3)nc2c1. The van der Waals surface area contributed by atoms with E-state index in [1.807, 2.05) is 42.5 Å². The fraction of sp³-hybridized carbons (Fsp3) is 0.0909. The summed E-state index contributed by atoms with van der Waals surface area (Å²) in [6.07, 6.45) is 5.55. The Kier molecular flexibility index (Phi) is 4.58. The number of hydrogen-bond donors (Lipinski definition) is 1. The van der Waals surface area contributed by atoms with Crippen molar-refractivity contribution in [2.45, 2.75) is 13.3 Å². The van der Waals surface area contributed by atoms with E-state index < -0.39 is 0 Å². The summed E-state index contributed by atoms with van der Waals surface area (Å²) in [5.41, 5.74) is 4.26. The topological polar surface area (TPSA) is 68.3 Å². The lowest BCUT2D eigenvalue weighted by atomic mass is 10.1. The van der Waals surface area contributed by atoms with E-state index in [0.29, 0.717) is 17.3 Å². The minimum absolute atomic E-state index is 0.242. The van der Waals surface area contributed by atoms with Gasteiger partial charge in [0.05, 0.1) is 6.26 Å². The number of anilines is 1. The van der Waals surface area contributed by atoms with Crippen LogP contribution in [-0.2, 0) is 11.2 Å². The molecule has 0 saturated carbocycles. The third kappa shape index (κ3) is 3.82. The van der Waals surface area contributed by atoms with Gasteiger partial charge in [-0.25, -0.2) is 4.98 Å². The molecule has 0 radical (unpaired) electrons. The first-order chi connectivity index (χ1) is 13.2. The summed E-state index contributed by atoms with van der Waals surface area (Å²) >= 11 is 0. The molecule has 1 amide bonds. The van der Waals surface area contributed by atoms with Crippen LogP contribution in [0.5, 0.6) is 0 Å². The van der Waals surface area contributed by atoms with Gasteiger partial charge in [0.25, 0.3) is 0 Å². The van der Waals surface area contributed by atoms with E-state index in [0.717, 1.165) is 23.1 Å². The number of aryl methyl sites for hydroxylation is 1. The van der Waals surface area contributed by atoms with Crippen LogP contribution in [0, 0.1) is 0 Å². The molecule has 134 valence electrons. The Morgan fingerprint density at radius 3 is 2.89 bits per heavy atom. The van der Waals surface area contributed by atoms with Crippen molar-refractivity contribution in [2.24, 2.45) is 0 Å². The molecule has 2 heterocycles. The molecule has 27 heavy (non-hydrogen) atoms. The lowest BCUT2D eigenvalue weighted by Gasteiger charge is -2.03. The number of carbonyl (C=O) groups is 1. The molecule has 2 aromatic carbocycles. The zero-order chi connectivity index (χ0) is 18.6. The summed E-state index contributed by atoms with van der Waals surface area (Å²) in [4.78, 5) is 16.7. The van der Waals surface area contributed by atoms with Gasteiger partial charge in [0.15, 0.2) is 5.58 Å². The van der Waals surface area contributed by atoms with Crippen LogP contribution in [0.25, 0.3) is 28.6 Å². The van der Waals surface area contributed by atoms with Gasteiger partial charge in [-0.05, 0) is 60.5 Å². The molecule has 4 rings (SSSR count). The molecule has 0 bridgehead atoms. The first kappa shape index (κ1) is 16.8. The predicted octanol–water partition coefficient (Wildman–Crippen LogP) is 5.30. The lowest BCUT2D eigenvalue weighted by Crippen LogP contribution is -2.07. The first-order valence-corrected chi connectivity index (χ1v) is 8.74. The number of fused-ring (bicyclic) bond motifs is 1. The van der Waals surface area contributed by atoms with Gasteiger partial charge in [-0.3, -0.25) is 4.79 Å². The molecule has 5 nitrogen and oxygen atoms in total. The number of nitrogens with one attached hydrogen (secondary N) is 1. The summed E-state index contributed by atoms with van der Waals surface area (Å²) in [7, 11) is 0. The van der Waals surface area contributed by atoms with E-state index in [2.05, 4.69) is 17.2 Å². The van der Waals surface area contributed by atoms with Crippen molar-refractivity contribution in [2.75, 3.05) is 5.32 Å². The van der Waals surface area contributed by atoms with E-state index in [-0.39, 0.29) is 5.91 Å². The van der Waals surface area contributed by atoms with Crippen molar-refractivity contribution >= 4 is 28.8 Å². The summed E-state index contributed by atoms with van der Waals surface area (Å²) in [5, 5.41) is 2.83. The van der Waals surface area contributed by atoms with Crippen LogP contribution in [-0.4, -0.2) is 10.9 Å². The van der Waals surface area contributed by atoms with Crippen LogP contribution in [0.3, 0.4) is 0 Å². The van der Waals surface area contributed by atoms with Crippen LogP contribution >= 0.6 is 0 Å². The van der Waals surface area contributed by atoms with Gasteiger partial charge in [-0.2, -0.15) is 0 Å². The number of furan rings is 1. The Hall–Kier alpha value is -3.60. The molecule has 5 heteroatoms. The molecule has 0 aliphatic heterocycles. The Morgan fingerprint density at radius 2 is 2.07 bits per heavy atom. The van der Waals surface area contributed by atoms with Crippen molar-refractivity contribution in [3.8, 4) is 11.5 Å². The van der Waals surface area contributed by atoms with Crippen molar-refractivity contribution in [3.05, 3.63) is 78.3 Å². The van der Waals surface area contributed by atoms with Crippen molar-refractivity contribution in [1.29, 1.82) is 0 Å². The Morgan fingerprint density at radius 1 is 1.15 bits per heavy atom. The lowest BCUT2D eigenvalue weighted by molar-refractivity contribution is -0.111. The molecule has 2 aromatic heterocycles. The van der Waals surface area contributed by atoms with Gasteiger partial charge >= 0.3 is 0 Å². The molecule has 0 aliphatic carbocycles. The van der Waals surface area contributed by atoms with E-state index in [1.54, 1.807) is 24.5 Å². The smallest absolute Gasteiger partial charge is 0.248 e. The van der Waals surface area contributed by atoms with Gasteiger partial charge in [-0.15, -0.1) is 0 Å². The highest BCUT2D eigenvalue weighted by atomic mass is 16.3. The molecule has 1 N–H and O–H groups in total. The second kappa shape index (κ2) is 7.33. The standard InChI is InChI=1S/C22H18N2O3/c1-2-15-8-10-20-19(13-15)24-22(27-20)16-5-3-6-17(14-16)23-21(25)11-9-18-7-4-12-26-18/h3-14H,2H2,1H3,(H,23,25). The fourth-order valence-electron chi connectivity index (χ4n) is 2.77. The van der Waals surface area contributed by atoms with Crippen molar-refractivity contribution < 1.29 is 13.6 Å². The number of amides is 1. The maximum atomic E-state index is 12.1. The maximum Gasteiger partial charge on any atom is 0.248 e. The molecule has 0 spiro atoms. The quantitative estimate of drug-likeness (QED) is 0.491. The Bertz CT molecular complexity index is 1110. The van der Waals surface area contributed by atoms with Gasteiger partial charge in [0.1, 0.15) is 11.3 Å². The average molecular weight is 358 g/mol.